The van der Waals surface area contributed by atoms with Crippen LogP contribution in [-0.2, 0) is 18.9 Å². The molecule has 204 valence electrons. The first-order chi connectivity index (χ1) is 16.7. The molecule has 1 saturated heterocycles. The first-order valence-electron chi connectivity index (χ1n) is 12.6. The number of hydrogen-bond donors (Lipinski definition) is 8. The van der Waals surface area contributed by atoms with Crippen molar-refractivity contribution in [2.45, 2.75) is 100 Å². The molecule has 0 radical (unpaired) electrons. The van der Waals surface area contributed by atoms with Crippen LogP contribution < -0.4 is 27.4 Å². The lowest BCUT2D eigenvalue weighted by atomic mass is 9.83. The van der Waals surface area contributed by atoms with E-state index in [2.05, 4.69) is 16.0 Å². The van der Waals surface area contributed by atoms with Gasteiger partial charge in [-0.3, -0.25) is 0 Å². The molecule has 0 unspecified atom stereocenters. The predicted molar refractivity (Wildman–Crippen MR) is 129 cm³/mol. The monoisotopic (exact) mass is 503 g/mol. The molecule has 0 aromatic carbocycles. The van der Waals surface area contributed by atoms with E-state index in [1.165, 1.54) is 0 Å². The van der Waals surface area contributed by atoms with E-state index in [1.54, 1.807) is 14.0 Å². The van der Waals surface area contributed by atoms with Crippen molar-refractivity contribution < 1.29 is 34.3 Å². The molecule has 1 saturated carbocycles. The number of aliphatic hydroxyl groups is 3. The van der Waals surface area contributed by atoms with Gasteiger partial charge in [0.25, 0.3) is 0 Å². The summed E-state index contributed by atoms with van der Waals surface area (Å²) >= 11 is 0. The highest BCUT2D eigenvalue weighted by molar-refractivity contribution is 5.05. The quantitative estimate of drug-likeness (QED) is 0.156. The van der Waals surface area contributed by atoms with Crippen molar-refractivity contribution in [2.24, 2.45) is 11.5 Å². The third-order valence-electron chi connectivity index (χ3n) is 7.07. The molecule has 0 aromatic rings. The Balaban J connectivity index is 1.77. The van der Waals surface area contributed by atoms with E-state index < -0.39 is 54.7 Å². The highest BCUT2D eigenvalue weighted by atomic mass is 16.7. The molecular weight excluding hydrogens is 458 g/mol. The maximum atomic E-state index is 11.4. The van der Waals surface area contributed by atoms with Gasteiger partial charge in [-0.25, -0.2) is 0 Å². The van der Waals surface area contributed by atoms with Crippen LogP contribution in [0, 0.1) is 0 Å². The van der Waals surface area contributed by atoms with Crippen molar-refractivity contribution in [3.05, 3.63) is 11.8 Å². The SMILES string of the molecule is CCN[C@@H]1CC=C(CN)O[C@@H]1O[C@H]1[C@H](O)[C@@H](O[C@H]2OC[C@](C)(O)[C@H](NC)[C@H]2O)[C@H](NCC)C[C@@H]1N. The summed E-state index contributed by atoms with van der Waals surface area (Å²) in [4.78, 5) is 0. The zero-order valence-electron chi connectivity index (χ0n) is 21.2. The highest BCUT2D eigenvalue weighted by Gasteiger charge is 2.51. The Bertz CT molecular complexity index is 699. The summed E-state index contributed by atoms with van der Waals surface area (Å²) in [7, 11) is 1.65. The summed E-state index contributed by atoms with van der Waals surface area (Å²) < 4.78 is 24.1. The van der Waals surface area contributed by atoms with E-state index in [1.807, 2.05) is 19.9 Å². The van der Waals surface area contributed by atoms with Crippen LogP contribution in [0.2, 0.25) is 0 Å². The average Bonchev–Trinajstić information content (AvgIpc) is 2.81. The second-order valence-electron chi connectivity index (χ2n) is 9.81. The Kier molecular flexibility index (Phi) is 10.3. The standard InChI is InChI=1S/C23H45N5O7/c1-5-27-14-8-7-12(10-24)33-21(14)34-18-13(25)9-15(28-6-2)19(16(18)29)35-22-17(30)20(26-4)23(3,31)11-32-22/h7,13-22,26-31H,5-6,8-11,24-25H2,1-4H3/t13-,14+,15+,16-,17+,18+,19-,20+,21+,22+,23-/m0/s1. The third kappa shape index (κ3) is 6.51. The molecule has 12 nitrogen and oxygen atoms in total. The summed E-state index contributed by atoms with van der Waals surface area (Å²) in [6, 6.07) is -1.59. The number of rotatable bonds is 10. The Hall–Kier alpha value is -0.900. The Morgan fingerprint density at radius 3 is 2.37 bits per heavy atom. The molecule has 3 rings (SSSR count). The molecule has 10 N–H and O–H groups in total. The second kappa shape index (κ2) is 12.6. The van der Waals surface area contributed by atoms with Crippen LogP contribution in [-0.4, -0.2) is 115 Å². The van der Waals surface area contributed by atoms with Crippen LogP contribution in [0.5, 0.6) is 0 Å². The minimum atomic E-state index is -1.28. The minimum absolute atomic E-state index is 0.0388. The van der Waals surface area contributed by atoms with E-state index in [4.69, 9.17) is 30.4 Å². The van der Waals surface area contributed by atoms with Gasteiger partial charge >= 0.3 is 0 Å². The van der Waals surface area contributed by atoms with Gasteiger partial charge in [-0.05, 0) is 46.0 Å². The van der Waals surface area contributed by atoms with Crippen LogP contribution >= 0.6 is 0 Å². The second-order valence-corrected chi connectivity index (χ2v) is 9.81. The zero-order chi connectivity index (χ0) is 25.8. The fraction of sp³-hybridized carbons (Fsp3) is 0.913. The normalized spacial score (nSPS) is 44.5. The predicted octanol–water partition coefficient (Wildman–Crippen LogP) is -2.55. The molecule has 2 heterocycles. The molecule has 11 atom stereocenters. The number of nitrogens with one attached hydrogen (secondary N) is 3. The third-order valence-corrected chi connectivity index (χ3v) is 7.07. The van der Waals surface area contributed by atoms with Crippen molar-refractivity contribution in [1.29, 1.82) is 0 Å². The highest BCUT2D eigenvalue weighted by Crippen LogP contribution is 2.32. The number of nitrogens with two attached hydrogens (primary N) is 2. The number of likely N-dealkylation sites (N-methyl/N-ethyl adjacent to an activating group) is 3. The van der Waals surface area contributed by atoms with Gasteiger partial charge in [-0.15, -0.1) is 0 Å². The van der Waals surface area contributed by atoms with Gasteiger partial charge < -0.3 is 61.7 Å². The molecule has 0 spiro atoms. The van der Waals surface area contributed by atoms with Gasteiger partial charge in [-0.2, -0.15) is 0 Å². The lowest BCUT2D eigenvalue weighted by molar-refractivity contribution is -0.304. The summed E-state index contributed by atoms with van der Waals surface area (Å²) in [6.45, 7) is 7.10. The largest absolute Gasteiger partial charge is 0.467 e. The molecule has 3 aliphatic rings. The number of aliphatic hydroxyl groups excluding tert-OH is 2. The maximum absolute atomic E-state index is 11.4. The fourth-order valence-corrected chi connectivity index (χ4v) is 5.28. The lowest BCUT2D eigenvalue weighted by Crippen LogP contribution is -2.69. The van der Waals surface area contributed by atoms with Gasteiger partial charge in [0, 0.05) is 12.1 Å². The number of ether oxygens (including phenoxy) is 4. The lowest BCUT2D eigenvalue weighted by Gasteiger charge is -2.49. The van der Waals surface area contributed by atoms with Crippen LogP contribution in [0.25, 0.3) is 0 Å². The molecule has 2 fully saturated rings. The van der Waals surface area contributed by atoms with E-state index in [0.717, 1.165) is 6.54 Å². The fourth-order valence-electron chi connectivity index (χ4n) is 5.28. The number of hydrogen-bond acceptors (Lipinski definition) is 12. The van der Waals surface area contributed by atoms with E-state index in [-0.39, 0.29) is 25.2 Å². The molecule has 35 heavy (non-hydrogen) atoms. The molecule has 0 bridgehead atoms. The molecular formula is C23H45N5O7. The van der Waals surface area contributed by atoms with Crippen molar-refractivity contribution in [1.82, 2.24) is 16.0 Å². The van der Waals surface area contributed by atoms with Gasteiger partial charge in [0.05, 0.1) is 25.2 Å². The van der Waals surface area contributed by atoms with E-state index in [9.17, 15) is 15.3 Å². The van der Waals surface area contributed by atoms with Gasteiger partial charge in [0.2, 0.25) is 6.29 Å². The maximum Gasteiger partial charge on any atom is 0.215 e. The van der Waals surface area contributed by atoms with E-state index in [0.29, 0.717) is 25.1 Å². The minimum Gasteiger partial charge on any atom is -0.467 e. The van der Waals surface area contributed by atoms with E-state index >= 15 is 0 Å². The Morgan fingerprint density at radius 1 is 1.09 bits per heavy atom. The average molecular weight is 504 g/mol. The first kappa shape index (κ1) is 28.7. The van der Waals surface area contributed by atoms with Gasteiger partial charge in [-0.1, -0.05) is 13.8 Å². The van der Waals surface area contributed by atoms with Crippen molar-refractivity contribution in [3.63, 3.8) is 0 Å². The van der Waals surface area contributed by atoms with Crippen molar-refractivity contribution >= 4 is 0 Å². The van der Waals surface area contributed by atoms with Crippen molar-refractivity contribution in [3.8, 4) is 0 Å². The molecule has 2 aliphatic heterocycles. The van der Waals surface area contributed by atoms with Crippen LogP contribution in [0.1, 0.15) is 33.6 Å². The Morgan fingerprint density at radius 2 is 1.74 bits per heavy atom. The van der Waals surface area contributed by atoms with Gasteiger partial charge in [0.1, 0.15) is 35.8 Å². The van der Waals surface area contributed by atoms with Gasteiger partial charge in [0.15, 0.2) is 6.29 Å². The molecule has 1 aliphatic carbocycles. The topological polar surface area (TPSA) is 186 Å². The Labute approximate surface area is 207 Å². The smallest absolute Gasteiger partial charge is 0.215 e. The molecule has 12 heteroatoms. The van der Waals surface area contributed by atoms with Crippen LogP contribution in [0.15, 0.2) is 11.8 Å². The summed E-state index contributed by atoms with van der Waals surface area (Å²) in [5.74, 6) is 0.630. The summed E-state index contributed by atoms with van der Waals surface area (Å²) in [5.41, 5.74) is 11.0. The first-order valence-corrected chi connectivity index (χ1v) is 12.6. The van der Waals surface area contributed by atoms with Crippen molar-refractivity contribution in [2.75, 3.05) is 33.3 Å². The summed E-state index contributed by atoms with van der Waals surface area (Å²) in [5, 5.41) is 42.4. The van der Waals surface area contributed by atoms with Crippen LogP contribution in [0.4, 0.5) is 0 Å². The molecule has 0 amide bonds. The molecule has 0 aromatic heterocycles. The van der Waals surface area contributed by atoms with Crippen LogP contribution in [0.3, 0.4) is 0 Å². The summed E-state index contributed by atoms with van der Waals surface area (Å²) in [6.07, 6.45) is -2.53. The zero-order valence-corrected chi connectivity index (χ0v) is 21.2.